The number of amides is 1. The second kappa shape index (κ2) is 15.7. The second-order valence-corrected chi connectivity index (χ2v) is 10.7. The van der Waals surface area contributed by atoms with Gasteiger partial charge in [0.25, 0.3) is 5.91 Å². The van der Waals surface area contributed by atoms with Crippen LogP contribution in [0.15, 0.2) is 90.5 Å². The Morgan fingerprint density at radius 3 is 2.11 bits per heavy atom. The Labute approximate surface area is 267 Å². The third-order valence-corrected chi connectivity index (χ3v) is 7.71. The van der Waals surface area contributed by atoms with Crippen molar-refractivity contribution < 1.29 is 43.2 Å². The van der Waals surface area contributed by atoms with Gasteiger partial charge in [0.1, 0.15) is 17.9 Å². The number of esters is 3. The number of anilines is 1. The van der Waals surface area contributed by atoms with Crippen LogP contribution >= 0.6 is 0 Å². The number of aliphatic hydroxyl groups is 1. The predicted octanol–water partition coefficient (Wildman–Crippen LogP) is 3.57. The van der Waals surface area contributed by atoms with Gasteiger partial charge in [0.2, 0.25) is 0 Å². The standard InChI is InChI=1S/C35H38N2O9/c1-23(38)46-29-20-30(35(42)45-4)37(22-29)33(40)32(39)31(25-13-9-6-10-14-25)36(27-15-17-28(43-2)18-16-27)21-26(34(41)44-3)19-24-11-7-5-8-12-24/h5-19,29-32,39H,20-22H2,1-4H3/b26-19-/t29-,30+,31+,32+/m1/s1. The maximum atomic E-state index is 14.2. The Kier molecular flexibility index (Phi) is 11.5. The molecule has 3 aromatic rings. The van der Waals surface area contributed by atoms with Crippen molar-refractivity contribution in [3.05, 3.63) is 102 Å². The first-order valence-corrected chi connectivity index (χ1v) is 14.7. The zero-order chi connectivity index (χ0) is 33.2. The number of carbonyl (C=O) groups excluding carboxylic acids is 4. The van der Waals surface area contributed by atoms with Gasteiger partial charge in [0.05, 0.1) is 46.0 Å². The van der Waals surface area contributed by atoms with Crippen molar-refractivity contribution in [2.75, 3.05) is 39.3 Å². The molecule has 1 N–H and O–H groups in total. The smallest absolute Gasteiger partial charge is 0.335 e. The van der Waals surface area contributed by atoms with Crippen LogP contribution in [0, 0.1) is 0 Å². The van der Waals surface area contributed by atoms with E-state index < -0.39 is 48.1 Å². The van der Waals surface area contributed by atoms with Gasteiger partial charge in [-0.25, -0.2) is 9.59 Å². The number of benzene rings is 3. The number of ether oxygens (including phenoxy) is 4. The SMILES string of the molecule is COC(=O)/C(=C\c1ccccc1)CN(c1ccc(OC)cc1)[C@@H](c1ccccc1)[C@H](O)C(=O)N1C[C@H](OC(C)=O)C[C@H]1C(=O)OC. The number of methoxy groups -OCH3 is 3. The number of hydrogen-bond donors (Lipinski definition) is 1. The largest absolute Gasteiger partial charge is 0.497 e. The van der Waals surface area contributed by atoms with Crippen molar-refractivity contribution in [3.8, 4) is 5.75 Å². The maximum Gasteiger partial charge on any atom is 0.335 e. The summed E-state index contributed by atoms with van der Waals surface area (Å²) in [5.41, 5.74) is 2.13. The molecule has 0 radical (unpaired) electrons. The van der Waals surface area contributed by atoms with Gasteiger partial charge >= 0.3 is 17.9 Å². The Bertz CT molecular complexity index is 1530. The average Bonchev–Trinajstić information content (AvgIpc) is 3.50. The highest BCUT2D eigenvalue weighted by Crippen LogP contribution is 2.35. The molecule has 1 amide bonds. The summed E-state index contributed by atoms with van der Waals surface area (Å²) in [4.78, 5) is 54.7. The van der Waals surface area contributed by atoms with Gasteiger partial charge in [-0.1, -0.05) is 60.7 Å². The molecule has 0 bridgehead atoms. The van der Waals surface area contributed by atoms with E-state index in [1.165, 1.54) is 33.2 Å². The molecule has 1 fully saturated rings. The predicted molar refractivity (Wildman–Crippen MR) is 170 cm³/mol. The van der Waals surface area contributed by atoms with Crippen LogP contribution in [0.2, 0.25) is 0 Å². The number of aliphatic hydroxyl groups excluding tert-OH is 1. The molecule has 0 unspecified atom stereocenters. The van der Waals surface area contributed by atoms with E-state index in [0.717, 1.165) is 5.56 Å². The summed E-state index contributed by atoms with van der Waals surface area (Å²) in [6, 6.07) is 22.9. The van der Waals surface area contributed by atoms with E-state index in [4.69, 9.17) is 18.9 Å². The number of carbonyl (C=O) groups is 4. The highest BCUT2D eigenvalue weighted by Gasteiger charge is 2.46. The average molecular weight is 631 g/mol. The van der Waals surface area contributed by atoms with E-state index >= 15 is 0 Å². The van der Waals surface area contributed by atoms with E-state index in [0.29, 0.717) is 17.0 Å². The highest BCUT2D eigenvalue weighted by atomic mass is 16.5. The van der Waals surface area contributed by atoms with Crippen LogP contribution in [-0.4, -0.2) is 86.5 Å². The molecular formula is C35H38N2O9. The molecule has 1 aliphatic rings. The van der Waals surface area contributed by atoms with Gasteiger partial charge < -0.3 is 33.9 Å². The first-order chi connectivity index (χ1) is 22.2. The summed E-state index contributed by atoms with van der Waals surface area (Å²) < 4.78 is 20.8. The number of nitrogens with zero attached hydrogens (tertiary/aromatic N) is 2. The highest BCUT2D eigenvalue weighted by molar-refractivity contribution is 5.95. The van der Waals surface area contributed by atoms with E-state index in [-0.39, 0.29) is 25.1 Å². The zero-order valence-electron chi connectivity index (χ0n) is 26.2. The van der Waals surface area contributed by atoms with Gasteiger partial charge in [0, 0.05) is 19.0 Å². The fourth-order valence-corrected chi connectivity index (χ4v) is 5.57. The molecule has 1 aliphatic heterocycles. The molecule has 0 saturated carbocycles. The van der Waals surface area contributed by atoms with Crippen LogP contribution in [0.5, 0.6) is 5.75 Å². The van der Waals surface area contributed by atoms with Crippen LogP contribution in [0.1, 0.15) is 30.5 Å². The molecule has 11 heteroatoms. The molecule has 3 aromatic carbocycles. The van der Waals surface area contributed by atoms with Crippen LogP contribution in [0.3, 0.4) is 0 Å². The van der Waals surface area contributed by atoms with Crippen LogP contribution < -0.4 is 9.64 Å². The van der Waals surface area contributed by atoms with E-state index in [1.54, 1.807) is 65.6 Å². The van der Waals surface area contributed by atoms with Crippen molar-refractivity contribution >= 4 is 35.6 Å². The molecule has 242 valence electrons. The summed E-state index contributed by atoms with van der Waals surface area (Å²) in [5, 5.41) is 12.0. The molecule has 4 atom stereocenters. The molecule has 4 rings (SSSR count). The van der Waals surface area contributed by atoms with Crippen molar-refractivity contribution in [1.29, 1.82) is 0 Å². The molecular weight excluding hydrogens is 592 g/mol. The van der Waals surface area contributed by atoms with Crippen molar-refractivity contribution in [3.63, 3.8) is 0 Å². The van der Waals surface area contributed by atoms with E-state index in [2.05, 4.69) is 0 Å². The monoisotopic (exact) mass is 630 g/mol. The summed E-state index contributed by atoms with van der Waals surface area (Å²) in [6.07, 6.45) is -0.792. The van der Waals surface area contributed by atoms with Crippen molar-refractivity contribution in [2.45, 2.75) is 37.6 Å². The lowest BCUT2D eigenvalue weighted by Crippen LogP contribution is -2.51. The van der Waals surface area contributed by atoms with Gasteiger partial charge in [-0.05, 0) is 41.5 Å². The quantitative estimate of drug-likeness (QED) is 0.180. The molecule has 11 nitrogen and oxygen atoms in total. The Morgan fingerprint density at radius 2 is 1.54 bits per heavy atom. The number of rotatable bonds is 12. The fraction of sp³-hybridized carbons (Fsp3) is 0.314. The lowest BCUT2D eigenvalue weighted by Gasteiger charge is -2.38. The fourth-order valence-electron chi connectivity index (χ4n) is 5.57. The second-order valence-electron chi connectivity index (χ2n) is 10.7. The molecule has 1 heterocycles. The Balaban J connectivity index is 1.83. The minimum absolute atomic E-state index is 0.0230. The normalized spacial score (nSPS) is 17.4. The summed E-state index contributed by atoms with van der Waals surface area (Å²) >= 11 is 0. The number of likely N-dealkylation sites (tertiary alicyclic amines) is 1. The first kappa shape index (κ1) is 33.7. The van der Waals surface area contributed by atoms with Gasteiger partial charge in [0.15, 0.2) is 6.10 Å². The van der Waals surface area contributed by atoms with E-state index in [1.807, 2.05) is 30.3 Å². The number of hydrogen-bond acceptors (Lipinski definition) is 10. The lowest BCUT2D eigenvalue weighted by atomic mass is 9.96. The molecule has 0 spiro atoms. The topological polar surface area (TPSA) is 132 Å². The molecule has 46 heavy (non-hydrogen) atoms. The van der Waals surface area contributed by atoms with Crippen molar-refractivity contribution in [2.24, 2.45) is 0 Å². The lowest BCUT2D eigenvalue weighted by molar-refractivity contribution is -0.154. The van der Waals surface area contributed by atoms with Crippen molar-refractivity contribution in [1.82, 2.24) is 4.90 Å². The van der Waals surface area contributed by atoms with Gasteiger partial charge in [-0.3, -0.25) is 9.59 Å². The summed E-state index contributed by atoms with van der Waals surface area (Å²) in [6.45, 7) is 1.06. The van der Waals surface area contributed by atoms with Crippen LogP contribution in [-0.2, 0) is 33.4 Å². The Hall–Kier alpha value is -5.16. The van der Waals surface area contributed by atoms with E-state index in [9.17, 15) is 24.3 Å². The zero-order valence-corrected chi connectivity index (χ0v) is 26.2. The molecule has 0 aliphatic carbocycles. The van der Waals surface area contributed by atoms with Gasteiger partial charge in [-0.15, -0.1) is 0 Å². The Morgan fingerprint density at radius 1 is 0.913 bits per heavy atom. The van der Waals surface area contributed by atoms with Gasteiger partial charge in [-0.2, -0.15) is 0 Å². The summed E-state index contributed by atoms with van der Waals surface area (Å²) in [7, 11) is 4.02. The van der Waals surface area contributed by atoms with Crippen LogP contribution in [0.4, 0.5) is 5.69 Å². The summed E-state index contributed by atoms with van der Waals surface area (Å²) in [5.74, 6) is -2.04. The third-order valence-electron chi connectivity index (χ3n) is 7.71. The minimum Gasteiger partial charge on any atom is -0.497 e. The molecule has 1 saturated heterocycles. The maximum absolute atomic E-state index is 14.2. The van der Waals surface area contributed by atoms with Crippen LogP contribution in [0.25, 0.3) is 6.08 Å². The molecule has 0 aromatic heterocycles. The minimum atomic E-state index is -1.75. The third kappa shape index (κ3) is 8.10. The first-order valence-electron chi connectivity index (χ1n) is 14.7.